The van der Waals surface area contributed by atoms with Crippen LogP contribution in [0.3, 0.4) is 0 Å². The maximum atomic E-state index is 12.4. The standard InChI is InChI=1S/C18H15N5O2/c24-18(15-8-4-7-14-9-10-20-23(14)15)19-12-16-21-17(25-22-16)11-13-5-2-1-3-6-13/h1-10H,11-12H2,(H,19,24). The fraction of sp³-hybridized carbons (Fsp3) is 0.111. The molecule has 4 rings (SSSR count). The van der Waals surface area contributed by atoms with Crippen LogP contribution in [-0.4, -0.2) is 25.7 Å². The molecule has 1 amide bonds. The Balaban J connectivity index is 1.42. The van der Waals surface area contributed by atoms with E-state index in [1.54, 1.807) is 16.8 Å². The van der Waals surface area contributed by atoms with Gasteiger partial charge in [-0.3, -0.25) is 4.79 Å². The van der Waals surface area contributed by atoms with Crippen molar-refractivity contribution >= 4 is 11.4 Å². The number of amides is 1. The second kappa shape index (κ2) is 6.56. The molecule has 0 saturated carbocycles. The van der Waals surface area contributed by atoms with Crippen LogP contribution in [0, 0.1) is 0 Å². The van der Waals surface area contributed by atoms with Crippen LogP contribution in [0.4, 0.5) is 0 Å². The first kappa shape index (κ1) is 15.1. The Morgan fingerprint density at radius 3 is 2.84 bits per heavy atom. The molecule has 7 nitrogen and oxygen atoms in total. The predicted octanol–water partition coefficient (Wildman–Crippen LogP) is 2.24. The quantitative estimate of drug-likeness (QED) is 0.605. The zero-order valence-electron chi connectivity index (χ0n) is 13.3. The van der Waals surface area contributed by atoms with E-state index in [9.17, 15) is 4.79 Å². The van der Waals surface area contributed by atoms with Gasteiger partial charge in [0.05, 0.1) is 24.7 Å². The van der Waals surface area contributed by atoms with Gasteiger partial charge >= 0.3 is 0 Å². The van der Waals surface area contributed by atoms with Crippen LogP contribution in [-0.2, 0) is 13.0 Å². The maximum absolute atomic E-state index is 12.4. The van der Waals surface area contributed by atoms with Gasteiger partial charge in [0.25, 0.3) is 5.91 Å². The van der Waals surface area contributed by atoms with Gasteiger partial charge in [-0.2, -0.15) is 10.1 Å². The van der Waals surface area contributed by atoms with E-state index >= 15 is 0 Å². The van der Waals surface area contributed by atoms with Crippen LogP contribution < -0.4 is 5.32 Å². The number of carbonyl (C=O) groups is 1. The molecule has 3 aromatic heterocycles. The Kier molecular flexibility index (Phi) is 3.96. The molecule has 25 heavy (non-hydrogen) atoms. The molecule has 0 atom stereocenters. The van der Waals surface area contributed by atoms with Crippen molar-refractivity contribution in [1.82, 2.24) is 25.1 Å². The number of rotatable bonds is 5. The van der Waals surface area contributed by atoms with E-state index in [1.165, 1.54) is 0 Å². The lowest BCUT2D eigenvalue weighted by atomic mass is 10.1. The van der Waals surface area contributed by atoms with Gasteiger partial charge in [-0.1, -0.05) is 41.6 Å². The van der Waals surface area contributed by atoms with E-state index in [0.717, 1.165) is 11.1 Å². The monoisotopic (exact) mass is 333 g/mol. The molecule has 7 heteroatoms. The van der Waals surface area contributed by atoms with E-state index in [0.29, 0.717) is 23.8 Å². The highest BCUT2D eigenvalue weighted by Gasteiger charge is 2.12. The van der Waals surface area contributed by atoms with E-state index < -0.39 is 0 Å². The molecule has 1 aromatic carbocycles. The van der Waals surface area contributed by atoms with Crippen molar-refractivity contribution < 1.29 is 9.32 Å². The fourth-order valence-corrected chi connectivity index (χ4v) is 2.58. The summed E-state index contributed by atoms with van der Waals surface area (Å²) in [4.78, 5) is 16.7. The third-order valence-electron chi connectivity index (χ3n) is 3.77. The van der Waals surface area contributed by atoms with Crippen molar-refractivity contribution in [2.75, 3.05) is 0 Å². The van der Waals surface area contributed by atoms with E-state index in [-0.39, 0.29) is 12.5 Å². The number of fused-ring (bicyclic) bond motifs is 1. The zero-order chi connectivity index (χ0) is 17.1. The molecule has 0 radical (unpaired) electrons. The van der Waals surface area contributed by atoms with Crippen LogP contribution in [0.25, 0.3) is 5.52 Å². The summed E-state index contributed by atoms with van der Waals surface area (Å²) in [6.07, 6.45) is 2.22. The number of carbonyl (C=O) groups excluding carboxylic acids is 1. The number of hydrogen-bond donors (Lipinski definition) is 1. The maximum Gasteiger partial charge on any atom is 0.270 e. The fourth-order valence-electron chi connectivity index (χ4n) is 2.58. The summed E-state index contributed by atoms with van der Waals surface area (Å²) in [6, 6.07) is 17.1. The molecule has 3 heterocycles. The normalized spacial score (nSPS) is 10.9. The average molecular weight is 333 g/mol. The van der Waals surface area contributed by atoms with Gasteiger partial charge in [-0.05, 0) is 23.8 Å². The summed E-state index contributed by atoms with van der Waals surface area (Å²) in [5, 5.41) is 10.8. The molecular weight excluding hydrogens is 318 g/mol. The second-order valence-corrected chi connectivity index (χ2v) is 5.53. The highest BCUT2D eigenvalue weighted by molar-refractivity contribution is 5.93. The zero-order valence-corrected chi connectivity index (χ0v) is 13.3. The van der Waals surface area contributed by atoms with Crippen LogP contribution in [0.1, 0.15) is 27.8 Å². The molecule has 0 fully saturated rings. The molecule has 0 bridgehead atoms. The first-order valence-corrected chi connectivity index (χ1v) is 7.86. The molecule has 0 spiro atoms. The molecule has 0 aliphatic carbocycles. The lowest BCUT2D eigenvalue weighted by molar-refractivity contribution is 0.0942. The summed E-state index contributed by atoms with van der Waals surface area (Å²) in [7, 11) is 0. The number of nitrogens with one attached hydrogen (secondary N) is 1. The van der Waals surface area contributed by atoms with Gasteiger partial charge in [-0.15, -0.1) is 0 Å². The summed E-state index contributed by atoms with van der Waals surface area (Å²) in [5.41, 5.74) is 2.40. The third kappa shape index (κ3) is 3.25. The Morgan fingerprint density at radius 2 is 1.96 bits per heavy atom. The third-order valence-corrected chi connectivity index (χ3v) is 3.77. The van der Waals surface area contributed by atoms with Crippen LogP contribution in [0.15, 0.2) is 65.3 Å². The molecule has 0 unspecified atom stereocenters. The molecule has 4 aromatic rings. The Bertz CT molecular complexity index is 1010. The highest BCUT2D eigenvalue weighted by Crippen LogP contribution is 2.08. The molecule has 0 saturated heterocycles. The number of nitrogens with zero attached hydrogens (tertiary/aromatic N) is 4. The van der Waals surface area contributed by atoms with Crippen molar-refractivity contribution in [2.24, 2.45) is 0 Å². The minimum absolute atomic E-state index is 0.189. The van der Waals surface area contributed by atoms with Crippen LogP contribution in [0.2, 0.25) is 0 Å². The lowest BCUT2D eigenvalue weighted by Gasteiger charge is -2.04. The van der Waals surface area contributed by atoms with Gasteiger partial charge in [0.1, 0.15) is 5.69 Å². The van der Waals surface area contributed by atoms with Gasteiger partial charge < -0.3 is 9.84 Å². The summed E-state index contributed by atoms with van der Waals surface area (Å²) >= 11 is 0. The number of hydrogen-bond acceptors (Lipinski definition) is 5. The molecule has 0 aliphatic heterocycles. The largest absolute Gasteiger partial charge is 0.343 e. The van der Waals surface area contributed by atoms with Crippen molar-refractivity contribution in [3.05, 3.63) is 83.8 Å². The summed E-state index contributed by atoms with van der Waals surface area (Å²) < 4.78 is 6.82. The SMILES string of the molecule is O=C(NCc1noc(Cc2ccccc2)n1)c1cccc2ccnn12. The summed E-state index contributed by atoms with van der Waals surface area (Å²) in [6.45, 7) is 0.189. The van der Waals surface area contributed by atoms with Crippen molar-refractivity contribution in [3.63, 3.8) is 0 Å². The van der Waals surface area contributed by atoms with Gasteiger partial charge in [0.15, 0.2) is 5.82 Å². The minimum Gasteiger partial charge on any atom is -0.343 e. The van der Waals surface area contributed by atoms with Crippen molar-refractivity contribution in [1.29, 1.82) is 0 Å². The second-order valence-electron chi connectivity index (χ2n) is 5.53. The van der Waals surface area contributed by atoms with Crippen molar-refractivity contribution in [3.8, 4) is 0 Å². The number of pyridine rings is 1. The van der Waals surface area contributed by atoms with Crippen LogP contribution >= 0.6 is 0 Å². The van der Waals surface area contributed by atoms with Crippen molar-refractivity contribution in [2.45, 2.75) is 13.0 Å². The molecule has 0 aliphatic rings. The molecule has 1 N–H and O–H groups in total. The average Bonchev–Trinajstić information content (AvgIpc) is 3.29. The predicted molar refractivity (Wildman–Crippen MR) is 89.9 cm³/mol. The highest BCUT2D eigenvalue weighted by atomic mass is 16.5. The van der Waals surface area contributed by atoms with Gasteiger partial charge in [-0.25, -0.2) is 4.52 Å². The van der Waals surface area contributed by atoms with E-state index in [1.807, 2.05) is 48.5 Å². The van der Waals surface area contributed by atoms with Crippen LogP contribution in [0.5, 0.6) is 0 Å². The Labute approximate surface area is 143 Å². The number of benzene rings is 1. The first-order chi connectivity index (χ1) is 12.3. The topological polar surface area (TPSA) is 85.3 Å². The lowest BCUT2D eigenvalue weighted by Crippen LogP contribution is -2.25. The van der Waals surface area contributed by atoms with E-state index in [2.05, 4.69) is 20.6 Å². The molecule has 124 valence electrons. The summed E-state index contributed by atoms with van der Waals surface area (Å²) in [5.74, 6) is 0.709. The van der Waals surface area contributed by atoms with Gasteiger partial charge in [0.2, 0.25) is 5.89 Å². The first-order valence-electron chi connectivity index (χ1n) is 7.86. The Morgan fingerprint density at radius 1 is 1.08 bits per heavy atom. The minimum atomic E-state index is -0.247. The van der Waals surface area contributed by atoms with E-state index in [4.69, 9.17) is 4.52 Å². The number of aromatic nitrogens is 4. The smallest absolute Gasteiger partial charge is 0.270 e. The van der Waals surface area contributed by atoms with Gasteiger partial charge in [0, 0.05) is 0 Å². The molecular formula is C18H15N5O2. The Hall–Kier alpha value is -3.48.